The third-order valence-electron chi connectivity index (χ3n) is 3.73. The Kier molecular flexibility index (Phi) is 4.98. The second-order valence-corrected chi connectivity index (χ2v) is 5.97. The van der Waals surface area contributed by atoms with E-state index in [2.05, 4.69) is 35.9 Å². The fraction of sp³-hybridized carbons (Fsp3) is 0.0556. The van der Waals surface area contributed by atoms with Gasteiger partial charge in [-0.1, -0.05) is 11.6 Å². The van der Waals surface area contributed by atoms with E-state index in [0.717, 1.165) is 17.0 Å². The van der Waals surface area contributed by atoms with Crippen LogP contribution in [0.2, 0.25) is 5.02 Å². The van der Waals surface area contributed by atoms with Gasteiger partial charge in [-0.25, -0.2) is 4.98 Å². The van der Waals surface area contributed by atoms with Crippen molar-refractivity contribution in [2.24, 2.45) is 0 Å². The van der Waals surface area contributed by atoms with Crippen molar-refractivity contribution in [2.45, 2.75) is 0 Å². The van der Waals surface area contributed by atoms with E-state index in [1.165, 1.54) is 6.20 Å². The summed E-state index contributed by atoms with van der Waals surface area (Å²) in [5.74, 6) is 2.42. The first-order valence-electron chi connectivity index (χ1n) is 8.16. The summed E-state index contributed by atoms with van der Waals surface area (Å²) in [4.78, 5) is 8.51. The second kappa shape index (κ2) is 7.89. The van der Waals surface area contributed by atoms with Gasteiger partial charge in [0.15, 0.2) is 0 Å². The molecule has 0 bridgehead atoms. The van der Waals surface area contributed by atoms with Crippen LogP contribution in [0.3, 0.4) is 0 Å². The number of H-pyrrole nitrogens is 1. The van der Waals surface area contributed by atoms with Gasteiger partial charge in [0.1, 0.15) is 16.5 Å². The maximum absolute atomic E-state index is 6.16. The highest BCUT2D eigenvalue weighted by atomic mass is 35.5. The first kappa shape index (κ1) is 17.7. The molecular weight excluding hydrogens is 382 g/mol. The molecule has 0 saturated carbocycles. The van der Waals surface area contributed by atoms with E-state index in [0.29, 0.717) is 22.5 Å². The predicted octanol–water partition coefficient (Wildman–Crippen LogP) is 3.85. The van der Waals surface area contributed by atoms with Crippen LogP contribution in [-0.2, 0) is 0 Å². The minimum Gasteiger partial charge on any atom is -0.497 e. The molecule has 4 rings (SSSR count). The number of ether oxygens (including phenoxy) is 2. The van der Waals surface area contributed by atoms with Gasteiger partial charge in [-0.2, -0.15) is 10.2 Å². The molecule has 28 heavy (non-hydrogen) atoms. The minimum atomic E-state index is 0.243. The molecular formula is C18H14ClN7O2. The van der Waals surface area contributed by atoms with Gasteiger partial charge in [0.25, 0.3) is 0 Å². The zero-order valence-corrected chi connectivity index (χ0v) is 15.4. The van der Waals surface area contributed by atoms with Crippen LogP contribution in [-0.4, -0.2) is 37.7 Å². The number of nitrogens with one attached hydrogen (secondary N) is 2. The molecule has 2 N–H and O–H groups in total. The lowest BCUT2D eigenvalue weighted by Gasteiger charge is -2.10. The lowest BCUT2D eigenvalue weighted by atomic mass is 10.2. The number of tetrazole rings is 1. The van der Waals surface area contributed by atoms with E-state index in [1.807, 2.05) is 24.3 Å². The molecule has 2 aromatic heterocycles. The van der Waals surface area contributed by atoms with E-state index in [-0.39, 0.29) is 5.88 Å². The predicted molar refractivity (Wildman–Crippen MR) is 103 cm³/mol. The molecule has 0 fully saturated rings. The van der Waals surface area contributed by atoms with Crippen molar-refractivity contribution in [2.75, 3.05) is 12.4 Å². The van der Waals surface area contributed by atoms with Gasteiger partial charge >= 0.3 is 0 Å². The van der Waals surface area contributed by atoms with Crippen LogP contribution in [0.1, 0.15) is 0 Å². The van der Waals surface area contributed by atoms with Crippen molar-refractivity contribution in [1.29, 1.82) is 0 Å². The summed E-state index contributed by atoms with van der Waals surface area (Å²) in [5.41, 5.74) is 1.62. The Balaban J connectivity index is 1.50. The smallest absolute Gasteiger partial charge is 0.243 e. The first-order valence-corrected chi connectivity index (χ1v) is 8.54. The van der Waals surface area contributed by atoms with Gasteiger partial charge < -0.3 is 14.8 Å². The standard InChI is InChI=1S/C18H14ClN7O2/c1-27-13-6-8-14(9-7-13)28-17-15(19)10-20-18(22-17)21-12-4-2-11(3-5-12)16-23-25-26-24-16/h2-10H,1H3,(H,20,21,22)(H,23,24,25,26). The number of aromatic nitrogens is 6. The Morgan fingerprint density at radius 3 is 2.43 bits per heavy atom. The van der Waals surface area contributed by atoms with Crippen molar-refractivity contribution >= 4 is 23.2 Å². The molecule has 2 heterocycles. The average Bonchev–Trinajstić information content (AvgIpc) is 3.26. The van der Waals surface area contributed by atoms with Gasteiger partial charge in [-0.15, -0.1) is 10.2 Å². The van der Waals surface area contributed by atoms with Gasteiger partial charge in [0.05, 0.1) is 13.3 Å². The van der Waals surface area contributed by atoms with Gasteiger partial charge in [-0.05, 0) is 53.7 Å². The van der Waals surface area contributed by atoms with Crippen LogP contribution in [0, 0.1) is 0 Å². The number of nitrogens with zero attached hydrogens (tertiary/aromatic N) is 5. The van der Waals surface area contributed by atoms with Crippen molar-refractivity contribution in [1.82, 2.24) is 30.6 Å². The zero-order chi connectivity index (χ0) is 19.3. The molecule has 0 aliphatic carbocycles. The van der Waals surface area contributed by atoms with E-state index < -0.39 is 0 Å². The second-order valence-electron chi connectivity index (χ2n) is 5.56. The number of hydrogen-bond donors (Lipinski definition) is 2. The Hall–Kier alpha value is -3.72. The van der Waals surface area contributed by atoms with Crippen LogP contribution in [0.5, 0.6) is 17.4 Å². The Bertz CT molecular complexity index is 1050. The third-order valence-corrected chi connectivity index (χ3v) is 3.99. The summed E-state index contributed by atoms with van der Waals surface area (Å²) in [6.45, 7) is 0. The summed E-state index contributed by atoms with van der Waals surface area (Å²) in [6.07, 6.45) is 1.48. The van der Waals surface area contributed by atoms with E-state index in [9.17, 15) is 0 Å². The topological polar surface area (TPSA) is 111 Å². The fourth-order valence-electron chi connectivity index (χ4n) is 2.35. The molecule has 0 aliphatic heterocycles. The summed E-state index contributed by atoms with van der Waals surface area (Å²) < 4.78 is 10.9. The first-order chi connectivity index (χ1) is 13.7. The van der Waals surface area contributed by atoms with Crippen molar-refractivity contribution in [3.8, 4) is 28.8 Å². The molecule has 0 amide bonds. The van der Waals surface area contributed by atoms with E-state index >= 15 is 0 Å². The van der Waals surface area contributed by atoms with Crippen LogP contribution >= 0.6 is 11.6 Å². The van der Waals surface area contributed by atoms with Gasteiger partial charge in [0.2, 0.25) is 17.7 Å². The van der Waals surface area contributed by atoms with Crippen LogP contribution in [0.4, 0.5) is 11.6 Å². The number of anilines is 2. The number of benzene rings is 2. The van der Waals surface area contributed by atoms with Crippen LogP contribution < -0.4 is 14.8 Å². The summed E-state index contributed by atoms with van der Waals surface area (Å²) in [6, 6.07) is 14.5. The maximum Gasteiger partial charge on any atom is 0.243 e. The maximum atomic E-state index is 6.16. The van der Waals surface area contributed by atoms with Crippen LogP contribution in [0.25, 0.3) is 11.4 Å². The Labute approximate surface area is 164 Å². The van der Waals surface area contributed by atoms with Crippen molar-refractivity contribution in [3.05, 3.63) is 59.8 Å². The molecule has 0 unspecified atom stereocenters. The SMILES string of the molecule is COc1ccc(Oc2nc(Nc3ccc(-c4nn[nH]n4)cc3)ncc2Cl)cc1. The molecule has 2 aromatic carbocycles. The molecule has 0 aliphatic rings. The molecule has 0 atom stereocenters. The number of rotatable bonds is 6. The van der Waals surface area contributed by atoms with Gasteiger partial charge in [0, 0.05) is 11.3 Å². The normalized spacial score (nSPS) is 10.5. The molecule has 0 spiro atoms. The molecule has 4 aromatic rings. The van der Waals surface area contributed by atoms with Gasteiger partial charge in [-0.3, -0.25) is 0 Å². The molecule has 9 nitrogen and oxygen atoms in total. The largest absolute Gasteiger partial charge is 0.497 e. The Morgan fingerprint density at radius 2 is 1.75 bits per heavy atom. The monoisotopic (exact) mass is 395 g/mol. The van der Waals surface area contributed by atoms with Crippen LogP contribution in [0.15, 0.2) is 54.7 Å². The zero-order valence-electron chi connectivity index (χ0n) is 14.6. The number of methoxy groups -OCH3 is 1. The lowest BCUT2D eigenvalue weighted by Crippen LogP contribution is -1.99. The minimum absolute atomic E-state index is 0.243. The highest BCUT2D eigenvalue weighted by Crippen LogP contribution is 2.29. The Morgan fingerprint density at radius 1 is 1.00 bits per heavy atom. The summed E-state index contributed by atoms with van der Waals surface area (Å²) in [7, 11) is 1.60. The van der Waals surface area contributed by atoms with Crippen molar-refractivity contribution in [3.63, 3.8) is 0 Å². The lowest BCUT2D eigenvalue weighted by molar-refractivity contribution is 0.412. The molecule has 10 heteroatoms. The number of halogens is 1. The number of aromatic amines is 1. The quantitative estimate of drug-likeness (QED) is 0.506. The average molecular weight is 396 g/mol. The molecule has 0 saturated heterocycles. The van der Waals surface area contributed by atoms with E-state index in [1.54, 1.807) is 31.4 Å². The molecule has 0 radical (unpaired) electrons. The third kappa shape index (κ3) is 3.99. The molecule has 140 valence electrons. The summed E-state index contributed by atoms with van der Waals surface area (Å²) in [5, 5.41) is 17.3. The highest BCUT2D eigenvalue weighted by Gasteiger charge is 2.09. The highest BCUT2D eigenvalue weighted by molar-refractivity contribution is 6.31. The van der Waals surface area contributed by atoms with Crippen molar-refractivity contribution < 1.29 is 9.47 Å². The fourth-order valence-corrected chi connectivity index (χ4v) is 2.48. The number of hydrogen-bond acceptors (Lipinski definition) is 8. The van der Waals surface area contributed by atoms with E-state index in [4.69, 9.17) is 21.1 Å². The summed E-state index contributed by atoms with van der Waals surface area (Å²) >= 11 is 6.16.